The molecule has 0 bridgehead atoms. The summed E-state index contributed by atoms with van der Waals surface area (Å²) < 4.78 is 10.3. The van der Waals surface area contributed by atoms with Crippen molar-refractivity contribution < 1.29 is 9.47 Å². The molecule has 0 saturated heterocycles. The summed E-state index contributed by atoms with van der Waals surface area (Å²) in [5.74, 6) is 1.40. The van der Waals surface area contributed by atoms with Crippen LogP contribution < -0.4 is 14.9 Å². The number of anilines is 1. The molecule has 0 aromatic heterocycles. The summed E-state index contributed by atoms with van der Waals surface area (Å²) in [4.78, 5) is 0. The van der Waals surface area contributed by atoms with Crippen molar-refractivity contribution >= 4 is 23.5 Å². The minimum absolute atomic E-state index is 0.532. The molecule has 0 saturated carbocycles. The molecule has 0 aliphatic rings. The van der Waals surface area contributed by atoms with Crippen LogP contribution in [0.5, 0.6) is 11.5 Å². The highest BCUT2D eigenvalue weighted by atomic mass is 35.5. The van der Waals surface area contributed by atoms with E-state index in [-0.39, 0.29) is 0 Å². The van der Waals surface area contributed by atoms with Crippen LogP contribution in [-0.4, -0.2) is 20.4 Å². The Kier molecular flexibility index (Phi) is 4.85. The first-order valence-corrected chi connectivity index (χ1v) is 6.38. The van der Waals surface area contributed by atoms with Crippen LogP contribution in [0, 0.1) is 0 Å². The summed E-state index contributed by atoms with van der Waals surface area (Å²) in [7, 11) is 3.21. The Balaban J connectivity index is 2.08. The third kappa shape index (κ3) is 3.42. The quantitative estimate of drug-likeness (QED) is 0.673. The van der Waals surface area contributed by atoms with E-state index in [0.717, 1.165) is 17.0 Å². The molecule has 4 nitrogen and oxygen atoms in total. The van der Waals surface area contributed by atoms with Gasteiger partial charge in [0.15, 0.2) is 0 Å². The summed E-state index contributed by atoms with van der Waals surface area (Å²) in [5.41, 5.74) is 4.58. The average Bonchev–Trinajstić information content (AvgIpc) is 2.48. The minimum atomic E-state index is 0.532. The largest absolute Gasteiger partial charge is 0.496 e. The van der Waals surface area contributed by atoms with Crippen molar-refractivity contribution in [3.63, 3.8) is 0 Å². The molecular formula is C15H15ClN2O2. The number of para-hydroxylation sites is 1. The molecule has 2 aromatic carbocycles. The van der Waals surface area contributed by atoms with Crippen LogP contribution in [0.2, 0.25) is 5.02 Å². The highest BCUT2D eigenvalue weighted by molar-refractivity contribution is 6.32. The second-order valence-electron chi connectivity index (χ2n) is 3.96. The first-order valence-electron chi connectivity index (χ1n) is 6.00. The van der Waals surface area contributed by atoms with Crippen molar-refractivity contribution in [2.45, 2.75) is 0 Å². The lowest BCUT2D eigenvalue weighted by Gasteiger charge is -2.06. The zero-order chi connectivity index (χ0) is 14.4. The zero-order valence-electron chi connectivity index (χ0n) is 11.3. The Labute approximate surface area is 123 Å². The lowest BCUT2D eigenvalue weighted by molar-refractivity contribution is 0.414. The van der Waals surface area contributed by atoms with Crippen molar-refractivity contribution in [1.29, 1.82) is 0 Å². The van der Waals surface area contributed by atoms with Gasteiger partial charge in [-0.3, -0.25) is 5.43 Å². The third-order valence-corrected chi connectivity index (χ3v) is 2.98. The molecule has 0 atom stereocenters. The van der Waals surface area contributed by atoms with Crippen molar-refractivity contribution in [3.05, 3.63) is 53.1 Å². The molecule has 0 unspecified atom stereocenters. The number of ether oxygens (including phenoxy) is 2. The van der Waals surface area contributed by atoms with E-state index in [1.165, 1.54) is 0 Å². The number of hydrazone groups is 1. The van der Waals surface area contributed by atoms with Crippen molar-refractivity contribution in [3.8, 4) is 11.5 Å². The lowest BCUT2D eigenvalue weighted by atomic mass is 10.2. The third-order valence-electron chi connectivity index (χ3n) is 2.69. The maximum Gasteiger partial charge on any atom is 0.137 e. The number of rotatable bonds is 5. The van der Waals surface area contributed by atoms with Crippen LogP contribution in [0.3, 0.4) is 0 Å². The summed E-state index contributed by atoms with van der Waals surface area (Å²) >= 11 is 6.04. The van der Waals surface area contributed by atoms with E-state index in [4.69, 9.17) is 21.1 Å². The lowest BCUT2D eigenvalue weighted by Crippen LogP contribution is -1.94. The summed E-state index contributed by atoms with van der Waals surface area (Å²) in [6, 6.07) is 13.0. The fourth-order valence-corrected chi connectivity index (χ4v) is 1.94. The van der Waals surface area contributed by atoms with E-state index >= 15 is 0 Å². The second kappa shape index (κ2) is 6.82. The number of nitrogens with one attached hydrogen (secondary N) is 1. The van der Waals surface area contributed by atoms with Crippen LogP contribution in [0.4, 0.5) is 5.69 Å². The molecule has 2 rings (SSSR count). The minimum Gasteiger partial charge on any atom is -0.496 e. The van der Waals surface area contributed by atoms with E-state index in [9.17, 15) is 0 Å². The SMILES string of the molecule is COc1ccc(N/N=C/c2ccccc2OC)cc1Cl. The molecule has 20 heavy (non-hydrogen) atoms. The monoisotopic (exact) mass is 290 g/mol. The number of halogens is 1. The molecule has 0 heterocycles. The molecule has 1 N–H and O–H groups in total. The molecular weight excluding hydrogens is 276 g/mol. The van der Waals surface area contributed by atoms with Gasteiger partial charge in [0.1, 0.15) is 11.5 Å². The Bertz CT molecular complexity index is 615. The Morgan fingerprint density at radius 3 is 2.50 bits per heavy atom. The van der Waals surface area contributed by atoms with E-state index in [0.29, 0.717) is 10.8 Å². The molecule has 2 aromatic rings. The van der Waals surface area contributed by atoms with E-state index < -0.39 is 0 Å². The predicted octanol–water partition coefficient (Wildman–Crippen LogP) is 3.80. The molecule has 0 aliphatic heterocycles. The average molecular weight is 291 g/mol. The predicted molar refractivity (Wildman–Crippen MR) is 82.2 cm³/mol. The first kappa shape index (κ1) is 14.2. The normalized spacial score (nSPS) is 10.6. The van der Waals surface area contributed by atoms with Gasteiger partial charge in [0.05, 0.1) is 31.1 Å². The van der Waals surface area contributed by atoms with Gasteiger partial charge in [-0.05, 0) is 30.3 Å². The summed E-state index contributed by atoms with van der Waals surface area (Å²) in [5, 5.41) is 4.70. The van der Waals surface area contributed by atoms with Crippen LogP contribution >= 0.6 is 11.6 Å². The second-order valence-corrected chi connectivity index (χ2v) is 4.37. The zero-order valence-corrected chi connectivity index (χ0v) is 12.0. The van der Waals surface area contributed by atoms with Crippen molar-refractivity contribution in [2.24, 2.45) is 5.10 Å². The van der Waals surface area contributed by atoms with Gasteiger partial charge >= 0.3 is 0 Å². The van der Waals surface area contributed by atoms with Gasteiger partial charge in [0.2, 0.25) is 0 Å². The highest BCUT2D eigenvalue weighted by Gasteiger charge is 2.01. The van der Waals surface area contributed by atoms with Gasteiger partial charge < -0.3 is 9.47 Å². The van der Waals surface area contributed by atoms with Gasteiger partial charge in [-0.15, -0.1) is 0 Å². The van der Waals surface area contributed by atoms with Crippen LogP contribution in [-0.2, 0) is 0 Å². The van der Waals surface area contributed by atoms with Gasteiger partial charge in [0.25, 0.3) is 0 Å². The number of nitrogens with zero attached hydrogens (tertiary/aromatic N) is 1. The fourth-order valence-electron chi connectivity index (χ4n) is 1.69. The van der Waals surface area contributed by atoms with Crippen LogP contribution in [0.25, 0.3) is 0 Å². The number of hydrogen-bond acceptors (Lipinski definition) is 4. The molecule has 0 aliphatic carbocycles. The van der Waals surface area contributed by atoms with Gasteiger partial charge in [-0.25, -0.2) is 0 Å². The molecule has 104 valence electrons. The molecule has 0 radical (unpaired) electrons. The summed E-state index contributed by atoms with van der Waals surface area (Å²) in [6.45, 7) is 0. The molecule has 0 fully saturated rings. The van der Waals surface area contributed by atoms with Gasteiger partial charge in [-0.2, -0.15) is 5.10 Å². The Morgan fingerprint density at radius 2 is 1.80 bits per heavy atom. The van der Waals surface area contributed by atoms with Gasteiger partial charge in [-0.1, -0.05) is 23.7 Å². The molecule has 0 amide bonds. The first-order chi connectivity index (χ1) is 9.74. The number of benzene rings is 2. The Morgan fingerprint density at radius 1 is 1.05 bits per heavy atom. The van der Waals surface area contributed by atoms with E-state index in [1.54, 1.807) is 32.6 Å². The maximum atomic E-state index is 6.04. The fraction of sp³-hybridized carbons (Fsp3) is 0.133. The number of hydrogen-bond donors (Lipinski definition) is 1. The smallest absolute Gasteiger partial charge is 0.137 e. The van der Waals surface area contributed by atoms with E-state index in [2.05, 4.69) is 10.5 Å². The van der Waals surface area contributed by atoms with E-state index in [1.807, 2.05) is 30.3 Å². The van der Waals surface area contributed by atoms with Crippen LogP contribution in [0.15, 0.2) is 47.6 Å². The van der Waals surface area contributed by atoms with Crippen molar-refractivity contribution in [1.82, 2.24) is 0 Å². The Hall–Kier alpha value is -2.20. The number of methoxy groups -OCH3 is 2. The topological polar surface area (TPSA) is 42.8 Å². The summed E-state index contributed by atoms with van der Waals surface area (Å²) in [6.07, 6.45) is 1.69. The van der Waals surface area contributed by atoms with Crippen LogP contribution in [0.1, 0.15) is 5.56 Å². The standard InChI is InChI=1S/C15H15ClN2O2/c1-19-14-6-4-3-5-11(14)10-17-18-12-7-8-15(20-2)13(16)9-12/h3-10,18H,1-2H3/b17-10+. The van der Waals surface area contributed by atoms with Gasteiger partial charge in [0, 0.05) is 5.56 Å². The molecule has 5 heteroatoms. The van der Waals surface area contributed by atoms with Crippen molar-refractivity contribution in [2.75, 3.05) is 19.6 Å². The maximum absolute atomic E-state index is 6.04. The molecule has 0 spiro atoms. The highest BCUT2D eigenvalue weighted by Crippen LogP contribution is 2.27.